The van der Waals surface area contributed by atoms with Crippen LogP contribution in [0.25, 0.3) is 10.9 Å². The number of aliphatic hydroxyl groups excluding tert-OH is 1. The Bertz CT molecular complexity index is 584. The summed E-state index contributed by atoms with van der Waals surface area (Å²) in [4.78, 5) is 0. The SMILES string of the molecule is Cc1c(CCO)c2cc3c(cc2n1C)CNC3. The van der Waals surface area contributed by atoms with E-state index in [1.54, 1.807) is 0 Å². The molecule has 2 heterocycles. The smallest absolute Gasteiger partial charge is 0.0486 e. The van der Waals surface area contributed by atoms with Crippen LogP contribution in [0, 0.1) is 6.92 Å². The fourth-order valence-corrected chi connectivity index (χ4v) is 2.86. The molecule has 1 aromatic heterocycles. The highest BCUT2D eigenvalue weighted by Crippen LogP contribution is 2.30. The second kappa shape index (κ2) is 3.86. The molecule has 90 valence electrons. The minimum atomic E-state index is 0.218. The van der Waals surface area contributed by atoms with Crippen molar-refractivity contribution in [3.8, 4) is 0 Å². The summed E-state index contributed by atoms with van der Waals surface area (Å²) < 4.78 is 2.24. The summed E-state index contributed by atoms with van der Waals surface area (Å²) in [6, 6.07) is 4.58. The summed E-state index contributed by atoms with van der Waals surface area (Å²) in [5.41, 5.74) is 6.66. The Kier molecular flexibility index (Phi) is 2.45. The second-order valence-corrected chi connectivity index (χ2v) is 4.84. The summed E-state index contributed by atoms with van der Waals surface area (Å²) >= 11 is 0. The number of fused-ring (bicyclic) bond motifs is 2. The summed E-state index contributed by atoms with van der Waals surface area (Å²) in [6.07, 6.45) is 0.745. The molecular formula is C14H18N2O. The third-order valence-corrected chi connectivity index (χ3v) is 3.94. The molecule has 0 saturated heterocycles. The molecule has 0 saturated carbocycles. The van der Waals surface area contributed by atoms with Gasteiger partial charge in [0.05, 0.1) is 0 Å². The molecule has 0 unspecified atom stereocenters. The average molecular weight is 230 g/mol. The zero-order chi connectivity index (χ0) is 12.0. The van der Waals surface area contributed by atoms with Gasteiger partial charge < -0.3 is 15.0 Å². The normalized spacial score (nSPS) is 14.5. The highest BCUT2D eigenvalue weighted by atomic mass is 16.2. The first-order valence-electron chi connectivity index (χ1n) is 6.13. The van der Waals surface area contributed by atoms with Gasteiger partial charge in [0.2, 0.25) is 0 Å². The van der Waals surface area contributed by atoms with Crippen molar-refractivity contribution < 1.29 is 5.11 Å². The first kappa shape index (κ1) is 10.8. The van der Waals surface area contributed by atoms with Crippen LogP contribution in [0.3, 0.4) is 0 Å². The van der Waals surface area contributed by atoms with E-state index in [0.717, 1.165) is 19.5 Å². The number of aryl methyl sites for hydroxylation is 1. The highest BCUT2D eigenvalue weighted by molar-refractivity contribution is 5.87. The van der Waals surface area contributed by atoms with Gasteiger partial charge in [-0.1, -0.05) is 0 Å². The largest absolute Gasteiger partial charge is 0.396 e. The molecule has 0 bridgehead atoms. The summed E-state index contributed by atoms with van der Waals surface area (Å²) in [5.74, 6) is 0. The van der Waals surface area contributed by atoms with Gasteiger partial charge in [-0.15, -0.1) is 0 Å². The Morgan fingerprint density at radius 2 is 2.00 bits per heavy atom. The van der Waals surface area contributed by atoms with Crippen LogP contribution in [-0.4, -0.2) is 16.3 Å². The lowest BCUT2D eigenvalue weighted by Gasteiger charge is -2.01. The van der Waals surface area contributed by atoms with Crippen LogP contribution >= 0.6 is 0 Å². The Hall–Kier alpha value is -1.32. The van der Waals surface area contributed by atoms with E-state index >= 15 is 0 Å². The summed E-state index contributed by atoms with van der Waals surface area (Å²) in [7, 11) is 2.10. The van der Waals surface area contributed by atoms with Crippen LogP contribution in [0.5, 0.6) is 0 Å². The maximum Gasteiger partial charge on any atom is 0.0486 e. The number of aliphatic hydroxyl groups is 1. The minimum Gasteiger partial charge on any atom is -0.396 e. The van der Waals surface area contributed by atoms with Gasteiger partial charge in [0.1, 0.15) is 0 Å². The minimum absolute atomic E-state index is 0.218. The van der Waals surface area contributed by atoms with Gasteiger partial charge in [0, 0.05) is 43.3 Å². The molecule has 0 amide bonds. The van der Waals surface area contributed by atoms with E-state index in [1.807, 2.05) is 0 Å². The molecule has 2 aromatic rings. The molecule has 0 atom stereocenters. The van der Waals surface area contributed by atoms with Crippen molar-refractivity contribution in [2.24, 2.45) is 7.05 Å². The van der Waals surface area contributed by atoms with Gasteiger partial charge in [0.25, 0.3) is 0 Å². The van der Waals surface area contributed by atoms with Gasteiger partial charge in [-0.2, -0.15) is 0 Å². The molecule has 3 heteroatoms. The highest BCUT2D eigenvalue weighted by Gasteiger charge is 2.16. The number of hydrogen-bond donors (Lipinski definition) is 2. The fourth-order valence-electron chi connectivity index (χ4n) is 2.86. The van der Waals surface area contributed by atoms with E-state index in [2.05, 4.69) is 36.0 Å². The van der Waals surface area contributed by atoms with Gasteiger partial charge in [-0.3, -0.25) is 0 Å². The second-order valence-electron chi connectivity index (χ2n) is 4.84. The zero-order valence-corrected chi connectivity index (χ0v) is 10.4. The van der Waals surface area contributed by atoms with Crippen molar-refractivity contribution in [1.29, 1.82) is 0 Å². The number of hydrogen-bond acceptors (Lipinski definition) is 2. The molecule has 17 heavy (non-hydrogen) atoms. The third kappa shape index (κ3) is 1.50. The average Bonchev–Trinajstić information content (AvgIpc) is 2.87. The molecule has 0 radical (unpaired) electrons. The van der Waals surface area contributed by atoms with E-state index in [-0.39, 0.29) is 6.61 Å². The molecule has 0 aliphatic carbocycles. The van der Waals surface area contributed by atoms with Crippen molar-refractivity contribution in [1.82, 2.24) is 9.88 Å². The Balaban J connectivity index is 2.30. The number of benzene rings is 1. The van der Waals surface area contributed by atoms with Crippen LogP contribution in [-0.2, 0) is 26.6 Å². The quantitative estimate of drug-likeness (QED) is 0.822. The third-order valence-electron chi connectivity index (χ3n) is 3.94. The summed E-state index contributed by atoms with van der Waals surface area (Å²) in [5, 5.41) is 13.9. The lowest BCUT2D eigenvalue weighted by molar-refractivity contribution is 0.299. The fraction of sp³-hybridized carbons (Fsp3) is 0.429. The predicted octanol–water partition coefficient (Wildman–Crippen LogP) is 1.62. The van der Waals surface area contributed by atoms with Crippen LogP contribution in [0.2, 0.25) is 0 Å². The van der Waals surface area contributed by atoms with Crippen molar-refractivity contribution in [2.75, 3.05) is 6.61 Å². The Labute approximate surface area is 101 Å². The Morgan fingerprint density at radius 3 is 2.71 bits per heavy atom. The molecule has 1 aromatic carbocycles. The molecule has 3 rings (SSSR count). The predicted molar refractivity (Wildman–Crippen MR) is 69.0 cm³/mol. The number of rotatable bonds is 2. The zero-order valence-electron chi connectivity index (χ0n) is 10.4. The standard InChI is InChI=1S/C14H18N2O/c1-9-12(3-4-17)13-5-10-7-15-8-11(10)6-14(13)16(9)2/h5-6,15,17H,3-4,7-8H2,1-2H3. The maximum atomic E-state index is 9.18. The van der Waals surface area contributed by atoms with E-state index < -0.39 is 0 Å². The van der Waals surface area contributed by atoms with Gasteiger partial charge in [-0.25, -0.2) is 0 Å². The van der Waals surface area contributed by atoms with E-state index in [9.17, 15) is 5.11 Å². The van der Waals surface area contributed by atoms with Crippen LogP contribution in [0.15, 0.2) is 12.1 Å². The van der Waals surface area contributed by atoms with Crippen molar-refractivity contribution >= 4 is 10.9 Å². The van der Waals surface area contributed by atoms with Crippen LogP contribution < -0.4 is 5.32 Å². The molecule has 0 spiro atoms. The number of aromatic nitrogens is 1. The lowest BCUT2D eigenvalue weighted by Crippen LogP contribution is -2.00. The van der Waals surface area contributed by atoms with E-state index in [1.165, 1.54) is 33.3 Å². The monoisotopic (exact) mass is 230 g/mol. The first-order valence-corrected chi connectivity index (χ1v) is 6.13. The van der Waals surface area contributed by atoms with Crippen molar-refractivity contribution in [3.05, 3.63) is 34.5 Å². The maximum absolute atomic E-state index is 9.18. The van der Waals surface area contributed by atoms with Gasteiger partial charge in [-0.05, 0) is 42.2 Å². The molecule has 3 nitrogen and oxygen atoms in total. The summed E-state index contributed by atoms with van der Waals surface area (Å²) in [6.45, 7) is 4.30. The molecule has 2 N–H and O–H groups in total. The molecule has 0 fully saturated rings. The van der Waals surface area contributed by atoms with Crippen LogP contribution in [0.4, 0.5) is 0 Å². The molecule has 1 aliphatic heterocycles. The van der Waals surface area contributed by atoms with Gasteiger partial charge in [0.15, 0.2) is 0 Å². The van der Waals surface area contributed by atoms with Crippen molar-refractivity contribution in [3.63, 3.8) is 0 Å². The molecule has 1 aliphatic rings. The lowest BCUT2D eigenvalue weighted by atomic mass is 10.0. The van der Waals surface area contributed by atoms with Crippen molar-refractivity contribution in [2.45, 2.75) is 26.4 Å². The van der Waals surface area contributed by atoms with Crippen LogP contribution in [0.1, 0.15) is 22.4 Å². The first-order chi connectivity index (χ1) is 8.22. The Morgan fingerprint density at radius 1 is 1.29 bits per heavy atom. The van der Waals surface area contributed by atoms with E-state index in [0.29, 0.717) is 0 Å². The van der Waals surface area contributed by atoms with Gasteiger partial charge >= 0.3 is 0 Å². The van der Waals surface area contributed by atoms with E-state index in [4.69, 9.17) is 0 Å². The topological polar surface area (TPSA) is 37.2 Å². The molecular weight excluding hydrogens is 212 g/mol. The number of nitrogens with one attached hydrogen (secondary N) is 1. The number of nitrogens with zero attached hydrogens (tertiary/aromatic N) is 1.